The van der Waals surface area contributed by atoms with Crippen molar-refractivity contribution in [3.63, 3.8) is 0 Å². The van der Waals surface area contributed by atoms with E-state index in [1.54, 1.807) is 0 Å². The minimum atomic E-state index is 0.504. The maximum absolute atomic E-state index is 6.91. The first-order valence-electron chi connectivity index (χ1n) is 9.88. The molecular weight excluding hydrogens is 254 g/mol. The SMILES string of the molecule is CC1(C)C2CCCCCCCC2C(N)C2CCCCCC21. The standard InChI is InChI=1S/C20H37N/c1-20(2)17-13-9-5-3-4-7-11-15(17)19(21)16-12-8-6-10-14-18(16)20/h15-19H,3-14,21H2,1-2H3. The number of rotatable bonds is 0. The van der Waals surface area contributed by atoms with Crippen molar-refractivity contribution in [1.82, 2.24) is 0 Å². The predicted octanol–water partition coefficient (Wildman–Crippen LogP) is 5.53. The van der Waals surface area contributed by atoms with Gasteiger partial charge < -0.3 is 5.73 Å². The number of nitrogens with two attached hydrogens (primary N) is 1. The maximum Gasteiger partial charge on any atom is 0.0101 e. The second-order valence-corrected chi connectivity index (χ2v) is 8.92. The van der Waals surface area contributed by atoms with E-state index < -0.39 is 0 Å². The van der Waals surface area contributed by atoms with Crippen LogP contribution in [-0.4, -0.2) is 6.04 Å². The van der Waals surface area contributed by atoms with Crippen molar-refractivity contribution in [2.45, 2.75) is 96.9 Å². The fraction of sp³-hybridized carbons (Fsp3) is 1.00. The summed E-state index contributed by atoms with van der Waals surface area (Å²) < 4.78 is 0. The maximum atomic E-state index is 6.91. The molecule has 2 N–H and O–H groups in total. The van der Waals surface area contributed by atoms with Gasteiger partial charge in [0.2, 0.25) is 0 Å². The molecule has 21 heavy (non-hydrogen) atoms. The van der Waals surface area contributed by atoms with Crippen LogP contribution in [0.1, 0.15) is 90.9 Å². The van der Waals surface area contributed by atoms with Crippen LogP contribution in [0.25, 0.3) is 0 Å². The van der Waals surface area contributed by atoms with E-state index in [1.807, 2.05) is 0 Å². The summed E-state index contributed by atoms with van der Waals surface area (Å²) in [6.45, 7) is 5.22. The van der Waals surface area contributed by atoms with Gasteiger partial charge in [0.15, 0.2) is 0 Å². The molecule has 0 aromatic carbocycles. The molecule has 3 fully saturated rings. The molecule has 0 spiro atoms. The molecule has 0 bridgehead atoms. The summed E-state index contributed by atoms with van der Waals surface area (Å²) in [4.78, 5) is 0. The van der Waals surface area contributed by atoms with Crippen molar-refractivity contribution < 1.29 is 0 Å². The van der Waals surface area contributed by atoms with Gasteiger partial charge in [-0.15, -0.1) is 0 Å². The Balaban J connectivity index is 1.88. The van der Waals surface area contributed by atoms with Gasteiger partial charge in [-0.05, 0) is 54.8 Å². The molecule has 1 nitrogen and oxygen atoms in total. The zero-order valence-corrected chi connectivity index (χ0v) is 14.4. The van der Waals surface area contributed by atoms with Crippen LogP contribution in [0.15, 0.2) is 0 Å². The molecule has 0 amide bonds. The summed E-state index contributed by atoms with van der Waals surface area (Å²) >= 11 is 0. The fourth-order valence-corrected chi connectivity index (χ4v) is 6.39. The van der Waals surface area contributed by atoms with Gasteiger partial charge in [0.25, 0.3) is 0 Å². The number of hydrogen-bond acceptors (Lipinski definition) is 1. The summed E-state index contributed by atoms with van der Waals surface area (Å²) in [6.07, 6.45) is 17.3. The van der Waals surface area contributed by atoms with E-state index >= 15 is 0 Å². The Kier molecular flexibility index (Phi) is 4.98. The second kappa shape index (κ2) is 6.60. The zero-order chi connectivity index (χ0) is 14.9. The van der Waals surface area contributed by atoms with Crippen LogP contribution < -0.4 is 5.73 Å². The van der Waals surface area contributed by atoms with Crippen LogP contribution in [0.4, 0.5) is 0 Å². The van der Waals surface area contributed by atoms with Crippen molar-refractivity contribution in [2.24, 2.45) is 34.8 Å². The van der Waals surface area contributed by atoms with E-state index in [0.717, 1.165) is 23.7 Å². The van der Waals surface area contributed by atoms with Crippen molar-refractivity contribution in [2.75, 3.05) is 0 Å². The molecule has 0 saturated heterocycles. The summed E-state index contributed by atoms with van der Waals surface area (Å²) in [5, 5.41) is 0. The molecule has 5 atom stereocenters. The van der Waals surface area contributed by atoms with Crippen molar-refractivity contribution in [1.29, 1.82) is 0 Å². The highest BCUT2D eigenvalue weighted by Crippen LogP contribution is 2.56. The highest BCUT2D eigenvalue weighted by atomic mass is 14.7. The molecule has 0 aromatic rings. The van der Waals surface area contributed by atoms with Gasteiger partial charge in [-0.1, -0.05) is 65.2 Å². The Morgan fingerprint density at radius 2 is 1.00 bits per heavy atom. The second-order valence-electron chi connectivity index (χ2n) is 8.92. The van der Waals surface area contributed by atoms with Crippen molar-refractivity contribution in [3.8, 4) is 0 Å². The minimum Gasteiger partial charge on any atom is -0.327 e. The fourth-order valence-electron chi connectivity index (χ4n) is 6.39. The molecule has 0 heterocycles. The summed E-state index contributed by atoms with van der Waals surface area (Å²) in [5.41, 5.74) is 7.43. The average molecular weight is 292 g/mol. The van der Waals surface area contributed by atoms with Gasteiger partial charge in [0.05, 0.1) is 0 Å². The minimum absolute atomic E-state index is 0.504. The zero-order valence-electron chi connectivity index (χ0n) is 14.4. The molecule has 3 saturated carbocycles. The topological polar surface area (TPSA) is 26.0 Å². The predicted molar refractivity (Wildman–Crippen MR) is 91.1 cm³/mol. The Bertz CT molecular complexity index is 335. The molecule has 3 aliphatic rings. The van der Waals surface area contributed by atoms with Gasteiger partial charge in [0.1, 0.15) is 0 Å². The molecule has 1 heteroatoms. The van der Waals surface area contributed by atoms with E-state index in [9.17, 15) is 0 Å². The lowest BCUT2D eigenvalue weighted by molar-refractivity contribution is -0.0561. The van der Waals surface area contributed by atoms with Gasteiger partial charge in [-0.25, -0.2) is 0 Å². The monoisotopic (exact) mass is 291 g/mol. The molecular formula is C20H37N. The van der Waals surface area contributed by atoms with Gasteiger partial charge in [0, 0.05) is 6.04 Å². The van der Waals surface area contributed by atoms with Crippen LogP contribution in [0.3, 0.4) is 0 Å². The number of hydrogen-bond donors (Lipinski definition) is 1. The van der Waals surface area contributed by atoms with E-state index in [1.165, 1.54) is 77.0 Å². The molecule has 0 aromatic heterocycles. The van der Waals surface area contributed by atoms with Crippen molar-refractivity contribution >= 4 is 0 Å². The summed E-state index contributed by atoms with van der Waals surface area (Å²) in [6, 6.07) is 0.504. The van der Waals surface area contributed by atoms with Crippen LogP contribution in [0, 0.1) is 29.1 Å². The van der Waals surface area contributed by atoms with Gasteiger partial charge >= 0.3 is 0 Å². The van der Waals surface area contributed by atoms with Gasteiger partial charge in [-0.2, -0.15) is 0 Å². The van der Waals surface area contributed by atoms with Crippen molar-refractivity contribution in [3.05, 3.63) is 0 Å². The molecule has 5 unspecified atom stereocenters. The largest absolute Gasteiger partial charge is 0.327 e. The highest BCUT2D eigenvalue weighted by Gasteiger charge is 2.52. The van der Waals surface area contributed by atoms with Crippen LogP contribution in [0.5, 0.6) is 0 Å². The third-order valence-corrected chi connectivity index (χ3v) is 7.54. The number of fused-ring (bicyclic) bond motifs is 2. The lowest BCUT2D eigenvalue weighted by Gasteiger charge is -2.56. The highest BCUT2D eigenvalue weighted by molar-refractivity contribution is 5.03. The summed E-state index contributed by atoms with van der Waals surface area (Å²) in [7, 11) is 0. The molecule has 3 aliphatic carbocycles. The average Bonchev–Trinajstić information content (AvgIpc) is 2.63. The first kappa shape index (κ1) is 15.8. The van der Waals surface area contributed by atoms with Crippen LogP contribution in [-0.2, 0) is 0 Å². The molecule has 0 radical (unpaired) electrons. The Labute approximate surface area is 132 Å². The Hall–Kier alpha value is -0.0400. The third-order valence-electron chi connectivity index (χ3n) is 7.54. The van der Waals surface area contributed by atoms with Crippen LogP contribution >= 0.6 is 0 Å². The molecule has 3 rings (SSSR count). The summed E-state index contributed by atoms with van der Waals surface area (Å²) in [5.74, 6) is 3.43. The Morgan fingerprint density at radius 1 is 0.619 bits per heavy atom. The Morgan fingerprint density at radius 3 is 1.52 bits per heavy atom. The first-order valence-corrected chi connectivity index (χ1v) is 9.88. The smallest absolute Gasteiger partial charge is 0.0101 e. The normalized spacial score (nSPS) is 44.4. The lowest BCUT2D eigenvalue weighted by Crippen LogP contribution is -2.56. The van der Waals surface area contributed by atoms with E-state index in [-0.39, 0.29) is 0 Å². The third kappa shape index (κ3) is 3.05. The lowest BCUT2D eigenvalue weighted by atomic mass is 9.50. The molecule has 122 valence electrons. The first-order chi connectivity index (χ1) is 10.1. The van der Waals surface area contributed by atoms with Crippen LogP contribution in [0.2, 0.25) is 0 Å². The quantitative estimate of drug-likeness (QED) is 0.624. The van der Waals surface area contributed by atoms with E-state index in [0.29, 0.717) is 11.5 Å². The molecule has 0 aliphatic heterocycles. The van der Waals surface area contributed by atoms with Gasteiger partial charge in [-0.3, -0.25) is 0 Å². The van der Waals surface area contributed by atoms with E-state index in [4.69, 9.17) is 5.73 Å². The van der Waals surface area contributed by atoms with E-state index in [2.05, 4.69) is 13.8 Å².